The maximum absolute atomic E-state index is 13.1. The van der Waals surface area contributed by atoms with E-state index in [0.717, 1.165) is 31.7 Å². The van der Waals surface area contributed by atoms with E-state index in [0.29, 0.717) is 12.6 Å². The van der Waals surface area contributed by atoms with Gasteiger partial charge in [-0.25, -0.2) is 4.39 Å². The molecule has 0 aliphatic carbocycles. The van der Waals surface area contributed by atoms with Gasteiger partial charge in [-0.1, -0.05) is 12.1 Å². The van der Waals surface area contributed by atoms with Gasteiger partial charge in [0.1, 0.15) is 12.4 Å². The highest BCUT2D eigenvalue weighted by molar-refractivity contribution is 5.78. The summed E-state index contributed by atoms with van der Waals surface area (Å²) in [4.78, 5) is 19.3. The Balaban J connectivity index is 1.45. The van der Waals surface area contributed by atoms with Crippen LogP contribution in [0, 0.1) is 5.82 Å². The van der Waals surface area contributed by atoms with Crippen LogP contribution in [-0.2, 0) is 16.1 Å². The highest BCUT2D eigenvalue weighted by atomic mass is 19.1. The molecule has 0 aromatic heterocycles. The first-order chi connectivity index (χ1) is 12.1. The molecule has 4 rings (SSSR count). The van der Waals surface area contributed by atoms with Crippen molar-refractivity contribution in [1.82, 2.24) is 14.7 Å². The van der Waals surface area contributed by atoms with E-state index in [2.05, 4.69) is 16.8 Å². The van der Waals surface area contributed by atoms with Gasteiger partial charge in [0.15, 0.2) is 0 Å². The molecule has 1 aromatic carbocycles. The number of halogens is 1. The van der Waals surface area contributed by atoms with Crippen LogP contribution in [0.25, 0.3) is 0 Å². The number of piperidine rings is 1. The second-order valence-electron chi connectivity index (χ2n) is 7.55. The molecule has 6 heteroatoms. The van der Waals surface area contributed by atoms with E-state index < -0.39 is 0 Å². The lowest BCUT2D eigenvalue weighted by Gasteiger charge is -2.37. The molecule has 136 valence electrons. The lowest BCUT2D eigenvalue weighted by molar-refractivity contribution is -0.153. The summed E-state index contributed by atoms with van der Waals surface area (Å²) in [5.74, 6) is -0.208. The van der Waals surface area contributed by atoms with Crippen LogP contribution < -0.4 is 0 Å². The second-order valence-corrected chi connectivity index (χ2v) is 7.55. The van der Waals surface area contributed by atoms with Gasteiger partial charge in [0.25, 0.3) is 0 Å². The molecule has 1 aromatic rings. The SMILES string of the molecule is CN1CCC(N2CC3OCC(=O)N(Cc4ccc(F)cc4)C3C2)CC1. The highest BCUT2D eigenvalue weighted by Gasteiger charge is 2.44. The van der Waals surface area contributed by atoms with Crippen LogP contribution >= 0.6 is 0 Å². The number of likely N-dealkylation sites (tertiary alicyclic amines) is 2. The Morgan fingerprint density at radius 1 is 1.16 bits per heavy atom. The zero-order chi connectivity index (χ0) is 17.4. The average Bonchev–Trinajstić information content (AvgIpc) is 3.04. The van der Waals surface area contributed by atoms with Crippen LogP contribution in [0.3, 0.4) is 0 Å². The van der Waals surface area contributed by atoms with Gasteiger partial charge in [-0.15, -0.1) is 0 Å². The van der Waals surface area contributed by atoms with Crippen LogP contribution in [0.15, 0.2) is 24.3 Å². The van der Waals surface area contributed by atoms with Crippen molar-refractivity contribution >= 4 is 5.91 Å². The molecule has 0 bridgehead atoms. The molecule has 0 saturated carbocycles. The number of nitrogens with zero attached hydrogens (tertiary/aromatic N) is 3. The molecule has 2 unspecified atom stereocenters. The Labute approximate surface area is 148 Å². The Hall–Kier alpha value is -1.50. The third-order valence-corrected chi connectivity index (χ3v) is 5.88. The Bertz CT molecular complexity index is 616. The van der Waals surface area contributed by atoms with Crippen LogP contribution in [0.5, 0.6) is 0 Å². The quantitative estimate of drug-likeness (QED) is 0.827. The van der Waals surface area contributed by atoms with Crippen molar-refractivity contribution in [3.05, 3.63) is 35.6 Å². The van der Waals surface area contributed by atoms with Crippen molar-refractivity contribution < 1.29 is 13.9 Å². The minimum Gasteiger partial charge on any atom is -0.365 e. The molecule has 3 aliphatic heterocycles. The normalized spacial score (nSPS) is 29.2. The molecule has 3 fully saturated rings. The predicted octanol–water partition coefficient (Wildman–Crippen LogP) is 1.33. The second kappa shape index (κ2) is 7.02. The number of carbonyl (C=O) groups is 1. The van der Waals surface area contributed by atoms with Crippen molar-refractivity contribution in [3.8, 4) is 0 Å². The Morgan fingerprint density at radius 3 is 2.60 bits per heavy atom. The number of hydrogen-bond acceptors (Lipinski definition) is 4. The summed E-state index contributed by atoms with van der Waals surface area (Å²) in [5.41, 5.74) is 0.966. The van der Waals surface area contributed by atoms with Gasteiger partial charge in [-0.2, -0.15) is 0 Å². The van der Waals surface area contributed by atoms with Crippen molar-refractivity contribution in [3.63, 3.8) is 0 Å². The first kappa shape index (κ1) is 16.9. The third kappa shape index (κ3) is 3.57. The summed E-state index contributed by atoms with van der Waals surface area (Å²) >= 11 is 0. The minimum absolute atomic E-state index is 0.0378. The molecule has 5 nitrogen and oxygen atoms in total. The molecule has 1 amide bonds. The van der Waals surface area contributed by atoms with Crippen LogP contribution in [0.4, 0.5) is 4.39 Å². The minimum atomic E-state index is -0.246. The molecule has 0 spiro atoms. The summed E-state index contributed by atoms with van der Waals surface area (Å²) in [6, 6.07) is 7.13. The topological polar surface area (TPSA) is 36.0 Å². The van der Waals surface area contributed by atoms with Crippen molar-refractivity contribution in [1.29, 1.82) is 0 Å². The monoisotopic (exact) mass is 347 g/mol. The summed E-state index contributed by atoms with van der Waals surface area (Å²) in [7, 11) is 2.17. The van der Waals surface area contributed by atoms with E-state index in [-0.39, 0.29) is 30.5 Å². The van der Waals surface area contributed by atoms with E-state index in [1.165, 1.54) is 25.0 Å². The molecule has 0 radical (unpaired) electrons. The third-order valence-electron chi connectivity index (χ3n) is 5.88. The standard InChI is InChI=1S/C19H26FN3O2/c1-21-8-6-16(7-9-21)22-11-17-18(12-22)25-13-19(24)23(17)10-14-2-4-15(20)5-3-14/h2-5,16-18H,6-13H2,1H3. The van der Waals surface area contributed by atoms with Crippen LogP contribution in [0.1, 0.15) is 18.4 Å². The maximum Gasteiger partial charge on any atom is 0.249 e. The van der Waals surface area contributed by atoms with Gasteiger partial charge in [0.05, 0.1) is 12.1 Å². The van der Waals surface area contributed by atoms with Gasteiger partial charge in [0, 0.05) is 25.7 Å². The number of ether oxygens (including phenoxy) is 1. The van der Waals surface area contributed by atoms with E-state index >= 15 is 0 Å². The van der Waals surface area contributed by atoms with Gasteiger partial charge in [-0.05, 0) is 50.7 Å². The summed E-state index contributed by atoms with van der Waals surface area (Å²) in [5, 5.41) is 0. The number of morpholine rings is 1. The average molecular weight is 347 g/mol. The smallest absolute Gasteiger partial charge is 0.249 e. The fourth-order valence-electron chi connectivity index (χ4n) is 4.34. The van der Waals surface area contributed by atoms with Crippen LogP contribution in [-0.4, -0.2) is 78.6 Å². The first-order valence-corrected chi connectivity index (χ1v) is 9.18. The predicted molar refractivity (Wildman–Crippen MR) is 92.6 cm³/mol. The van der Waals surface area contributed by atoms with E-state index in [9.17, 15) is 9.18 Å². The molecule has 25 heavy (non-hydrogen) atoms. The van der Waals surface area contributed by atoms with Crippen molar-refractivity contribution in [2.75, 3.05) is 39.8 Å². The molecule has 3 aliphatic rings. The van der Waals surface area contributed by atoms with Crippen molar-refractivity contribution in [2.45, 2.75) is 37.6 Å². The van der Waals surface area contributed by atoms with Gasteiger partial charge >= 0.3 is 0 Å². The lowest BCUT2D eigenvalue weighted by Crippen LogP contribution is -2.53. The summed E-state index contributed by atoms with van der Waals surface area (Å²) in [6.45, 7) is 4.75. The van der Waals surface area contributed by atoms with Gasteiger partial charge < -0.3 is 14.5 Å². The zero-order valence-corrected chi connectivity index (χ0v) is 14.7. The Morgan fingerprint density at radius 2 is 1.88 bits per heavy atom. The largest absolute Gasteiger partial charge is 0.365 e. The van der Waals surface area contributed by atoms with E-state index in [1.54, 1.807) is 12.1 Å². The van der Waals surface area contributed by atoms with Crippen molar-refractivity contribution in [2.24, 2.45) is 0 Å². The highest BCUT2D eigenvalue weighted by Crippen LogP contribution is 2.29. The van der Waals surface area contributed by atoms with E-state index in [1.807, 2.05) is 4.90 Å². The zero-order valence-electron chi connectivity index (χ0n) is 14.7. The first-order valence-electron chi connectivity index (χ1n) is 9.18. The number of carbonyl (C=O) groups excluding carboxylic acids is 1. The molecule has 0 N–H and O–H groups in total. The lowest BCUT2D eigenvalue weighted by atomic mass is 10.0. The fraction of sp³-hybridized carbons (Fsp3) is 0.632. The molecular weight excluding hydrogens is 321 g/mol. The van der Waals surface area contributed by atoms with E-state index in [4.69, 9.17) is 4.74 Å². The molecule has 3 saturated heterocycles. The fourth-order valence-corrected chi connectivity index (χ4v) is 4.34. The molecular formula is C19H26FN3O2. The van der Waals surface area contributed by atoms with Crippen LogP contribution in [0.2, 0.25) is 0 Å². The number of hydrogen-bond donors (Lipinski definition) is 0. The van der Waals surface area contributed by atoms with Gasteiger partial charge in [0.2, 0.25) is 5.91 Å². The number of rotatable bonds is 3. The molecule has 2 atom stereocenters. The number of fused-ring (bicyclic) bond motifs is 1. The summed E-state index contributed by atoms with van der Waals surface area (Å²) in [6.07, 6.45) is 2.46. The number of benzene rings is 1. The Kier molecular flexibility index (Phi) is 4.75. The molecule has 3 heterocycles. The maximum atomic E-state index is 13.1. The summed E-state index contributed by atoms with van der Waals surface area (Å²) < 4.78 is 19.0. The van der Waals surface area contributed by atoms with Gasteiger partial charge in [-0.3, -0.25) is 9.69 Å². The number of amides is 1.